The van der Waals surface area contributed by atoms with Crippen molar-refractivity contribution in [1.29, 1.82) is 0 Å². The summed E-state index contributed by atoms with van der Waals surface area (Å²) in [6.45, 7) is 9.73. The second-order valence-electron chi connectivity index (χ2n) is 10.4. The summed E-state index contributed by atoms with van der Waals surface area (Å²) in [5, 5.41) is 0. The Kier molecular flexibility index (Phi) is 5.59. The Hall–Kier alpha value is -3.05. The van der Waals surface area contributed by atoms with Gasteiger partial charge in [-0.15, -0.1) is 0 Å². The van der Waals surface area contributed by atoms with Gasteiger partial charge in [0, 0.05) is 17.5 Å². The second kappa shape index (κ2) is 8.27. The van der Waals surface area contributed by atoms with Crippen molar-refractivity contribution >= 4 is 22.8 Å². The summed E-state index contributed by atoms with van der Waals surface area (Å²) in [5.74, 6) is -0.226. The van der Waals surface area contributed by atoms with Crippen molar-refractivity contribution < 1.29 is 19.1 Å². The number of benzene rings is 3. The van der Waals surface area contributed by atoms with Crippen LogP contribution >= 0.6 is 0 Å². The molecule has 1 heterocycles. The van der Waals surface area contributed by atoms with E-state index in [4.69, 9.17) is 9.47 Å². The maximum absolute atomic E-state index is 13.6. The van der Waals surface area contributed by atoms with Crippen LogP contribution in [0.2, 0.25) is 0 Å². The van der Waals surface area contributed by atoms with E-state index in [1.807, 2.05) is 46.8 Å². The van der Waals surface area contributed by atoms with Crippen LogP contribution in [-0.2, 0) is 25.2 Å². The molecule has 2 fully saturated rings. The highest BCUT2D eigenvalue weighted by Gasteiger charge is 2.76. The average molecular weight is 488 g/mol. The largest absolute Gasteiger partial charge is 0.446 e. The lowest BCUT2D eigenvalue weighted by Gasteiger charge is -2.34. The molecule has 2 unspecified atom stereocenters. The molecule has 0 spiro atoms. The van der Waals surface area contributed by atoms with Gasteiger partial charge in [-0.1, -0.05) is 50.2 Å². The molecule has 0 N–H and O–H groups in total. The van der Waals surface area contributed by atoms with Gasteiger partial charge in [0.25, 0.3) is 0 Å². The van der Waals surface area contributed by atoms with Crippen LogP contribution in [0.15, 0.2) is 87.5 Å². The van der Waals surface area contributed by atoms with E-state index in [0.717, 1.165) is 16.0 Å². The van der Waals surface area contributed by atoms with Crippen molar-refractivity contribution in [2.24, 2.45) is 10.8 Å². The van der Waals surface area contributed by atoms with E-state index in [0.29, 0.717) is 18.6 Å². The normalized spacial score (nSPS) is 24.5. The zero-order valence-corrected chi connectivity index (χ0v) is 21.7. The summed E-state index contributed by atoms with van der Waals surface area (Å²) in [6.07, 6.45) is 1.12. The summed E-state index contributed by atoms with van der Waals surface area (Å²) < 4.78 is 11.8. The Balaban J connectivity index is 1.51. The fourth-order valence-electron chi connectivity index (χ4n) is 5.59. The standard InChI is InChI=1S/C30H31O4S/c1-20-18-24(35(22-12-8-6-9-13-22)23-14-10-7-11-15-23)19-21(2)25(20)33-27(32)30-17-16-29(5,26(31)34-30)28(30,3)4/h6-15,18-19H,16-17H2,1-5H3/q+1. The van der Waals surface area contributed by atoms with E-state index in [1.165, 1.54) is 9.79 Å². The molecule has 0 amide bonds. The summed E-state index contributed by atoms with van der Waals surface area (Å²) in [7, 11) is -0.294. The Morgan fingerprint density at radius 2 is 1.34 bits per heavy atom. The Labute approximate surface area is 210 Å². The molecule has 2 atom stereocenters. The molecule has 2 aliphatic rings. The Morgan fingerprint density at radius 3 is 1.77 bits per heavy atom. The monoisotopic (exact) mass is 487 g/mol. The van der Waals surface area contributed by atoms with Gasteiger partial charge < -0.3 is 9.47 Å². The van der Waals surface area contributed by atoms with Gasteiger partial charge in [-0.3, -0.25) is 4.79 Å². The molecule has 5 rings (SSSR count). The zero-order chi connectivity index (χ0) is 25.0. The molecular weight excluding hydrogens is 456 g/mol. The highest BCUT2D eigenvalue weighted by atomic mass is 32.2. The molecule has 1 saturated heterocycles. The first kappa shape index (κ1) is 23.7. The van der Waals surface area contributed by atoms with Crippen molar-refractivity contribution in [3.05, 3.63) is 83.9 Å². The smallest absolute Gasteiger partial charge is 0.356 e. The predicted octanol–water partition coefficient (Wildman–Crippen LogP) is 6.43. The number of esters is 2. The number of fused-ring (bicyclic) bond motifs is 2. The topological polar surface area (TPSA) is 52.6 Å². The lowest BCUT2D eigenvalue weighted by molar-refractivity contribution is -0.176. The minimum Gasteiger partial charge on any atom is -0.446 e. The molecule has 0 aromatic heterocycles. The fourth-order valence-corrected chi connectivity index (χ4v) is 7.85. The minimum absolute atomic E-state index is 0.294. The Morgan fingerprint density at radius 1 is 0.829 bits per heavy atom. The Bertz CT molecular complexity index is 1240. The van der Waals surface area contributed by atoms with E-state index >= 15 is 0 Å². The van der Waals surface area contributed by atoms with Gasteiger partial charge in [0.05, 0.1) is 16.3 Å². The van der Waals surface area contributed by atoms with Crippen LogP contribution in [0, 0.1) is 24.7 Å². The van der Waals surface area contributed by atoms with Crippen LogP contribution in [0.1, 0.15) is 44.7 Å². The van der Waals surface area contributed by atoms with Crippen LogP contribution in [0.3, 0.4) is 0 Å². The van der Waals surface area contributed by atoms with Crippen LogP contribution < -0.4 is 4.74 Å². The SMILES string of the molecule is Cc1cc([S+](c2ccccc2)c2ccccc2)cc(C)c1OC(=O)C12CCC(C)(C(=O)O1)C2(C)C. The second-order valence-corrected chi connectivity index (χ2v) is 12.4. The van der Waals surface area contributed by atoms with E-state index in [2.05, 4.69) is 60.7 Å². The number of aryl methyl sites for hydroxylation is 2. The van der Waals surface area contributed by atoms with Crippen LogP contribution in [-0.4, -0.2) is 17.5 Å². The van der Waals surface area contributed by atoms with E-state index in [9.17, 15) is 9.59 Å². The first-order valence-electron chi connectivity index (χ1n) is 12.0. The minimum atomic E-state index is -1.24. The molecule has 3 aromatic carbocycles. The summed E-state index contributed by atoms with van der Waals surface area (Å²) in [4.78, 5) is 29.8. The summed E-state index contributed by atoms with van der Waals surface area (Å²) in [5.41, 5.74) is -0.772. The van der Waals surface area contributed by atoms with Crippen LogP contribution in [0.25, 0.3) is 0 Å². The molecule has 3 aromatic rings. The third-order valence-corrected chi connectivity index (χ3v) is 10.4. The highest BCUT2D eigenvalue weighted by molar-refractivity contribution is 7.97. The lowest BCUT2D eigenvalue weighted by atomic mass is 9.66. The lowest BCUT2D eigenvalue weighted by Crippen LogP contribution is -2.50. The maximum Gasteiger partial charge on any atom is 0.356 e. The van der Waals surface area contributed by atoms with Gasteiger partial charge in [0.15, 0.2) is 14.7 Å². The van der Waals surface area contributed by atoms with E-state index < -0.39 is 22.4 Å². The maximum atomic E-state index is 13.6. The number of carbonyl (C=O) groups is 2. The van der Waals surface area contributed by atoms with Gasteiger partial charge in [0.2, 0.25) is 5.60 Å². The van der Waals surface area contributed by atoms with Gasteiger partial charge in [-0.25, -0.2) is 4.79 Å². The van der Waals surface area contributed by atoms with Crippen molar-refractivity contribution in [2.45, 2.75) is 67.7 Å². The quantitative estimate of drug-likeness (QED) is 0.237. The molecule has 4 nitrogen and oxygen atoms in total. The molecule has 0 radical (unpaired) electrons. The van der Waals surface area contributed by atoms with E-state index in [-0.39, 0.29) is 16.9 Å². The first-order chi connectivity index (χ1) is 16.6. The van der Waals surface area contributed by atoms with Gasteiger partial charge in [-0.05, 0) is 69.0 Å². The number of ether oxygens (including phenoxy) is 2. The molecule has 1 aliphatic carbocycles. The van der Waals surface area contributed by atoms with Crippen molar-refractivity contribution in [3.8, 4) is 5.75 Å². The first-order valence-corrected chi connectivity index (χ1v) is 13.2. The predicted molar refractivity (Wildman–Crippen MR) is 137 cm³/mol. The average Bonchev–Trinajstić information content (AvgIpc) is 3.13. The molecule has 35 heavy (non-hydrogen) atoms. The van der Waals surface area contributed by atoms with Crippen LogP contribution in [0.4, 0.5) is 0 Å². The number of rotatable bonds is 5. The molecule has 2 bridgehead atoms. The van der Waals surface area contributed by atoms with Gasteiger partial charge >= 0.3 is 11.9 Å². The highest BCUT2D eigenvalue weighted by Crippen LogP contribution is 2.65. The van der Waals surface area contributed by atoms with Crippen LogP contribution in [0.5, 0.6) is 5.75 Å². The zero-order valence-electron chi connectivity index (χ0n) is 20.9. The molecule has 5 heteroatoms. The molecule has 1 saturated carbocycles. The van der Waals surface area contributed by atoms with E-state index in [1.54, 1.807) is 0 Å². The fraction of sp³-hybridized carbons (Fsp3) is 0.333. The third-order valence-electron chi connectivity index (χ3n) is 8.24. The number of hydrogen-bond acceptors (Lipinski definition) is 4. The summed E-state index contributed by atoms with van der Waals surface area (Å²) >= 11 is 0. The molecular formula is C30H31O4S+. The summed E-state index contributed by atoms with van der Waals surface area (Å²) in [6, 6.07) is 25.1. The van der Waals surface area contributed by atoms with Crippen molar-refractivity contribution in [3.63, 3.8) is 0 Å². The van der Waals surface area contributed by atoms with Crippen molar-refractivity contribution in [1.82, 2.24) is 0 Å². The number of carbonyl (C=O) groups excluding carboxylic acids is 2. The van der Waals surface area contributed by atoms with Crippen molar-refractivity contribution in [2.75, 3.05) is 0 Å². The molecule has 180 valence electrons. The number of hydrogen-bond donors (Lipinski definition) is 0. The molecule has 1 aliphatic heterocycles. The van der Waals surface area contributed by atoms with Gasteiger partial charge in [-0.2, -0.15) is 0 Å². The van der Waals surface area contributed by atoms with Gasteiger partial charge in [0.1, 0.15) is 5.75 Å². The third kappa shape index (κ3) is 3.43.